The van der Waals surface area contributed by atoms with Gasteiger partial charge in [0, 0.05) is 12.1 Å². The molecule has 110 valence electrons. The topological polar surface area (TPSA) is 49.0 Å². The van der Waals surface area contributed by atoms with Crippen LogP contribution in [0, 0.1) is 0 Å². The Morgan fingerprint density at radius 2 is 2.14 bits per heavy atom. The Bertz CT molecular complexity index is 852. The number of aromatic nitrogens is 2. The van der Waals surface area contributed by atoms with Crippen LogP contribution in [0.2, 0.25) is 0 Å². The molecule has 4 heteroatoms. The lowest BCUT2D eigenvalue weighted by Crippen LogP contribution is -2.38. The molecule has 1 atom stereocenters. The molecule has 1 unspecified atom stereocenters. The number of nitrogens with one attached hydrogen (secondary N) is 1. The number of fused-ring (bicyclic) bond motifs is 2. The first-order chi connectivity index (χ1) is 10.7. The fourth-order valence-electron chi connectivity index (χ4n) is 3.28. The highest BCUT2D eigenvalue weighted by molar-refractivity contribution is 5.97. The van der Waals surface area contributed by atoms with Crippen molar-refractivity contribution < 1.29 is 4.79 Å². The van der Waals surface area contributed by atoms with Gasteiger partial charge in [0.2, 0.25) is 0 Å². The average Bonchev–Trinajstić information content (AvgIpc) is 3.02. The van der Waals surface area contributed by atoms with Crippen LogP contribution >= 0.6 is 0 Å². The van der Waals surface area contributed by atoms with Crippen molar-refractivity contribution in [1.29, 1.82) is 0 Å². The maximum atomic E-state index is 12.9. The number of carbonyl (C=O) groups is 1. The van der Waals surface area contributed by atoms with E-state index in [4.69, 9.17) is 0 Å². The highest BCUT2D eigenvalue weighted by atomic mass is 16.2. The lowest BCUT2D eigenvalue weighted by molar-refractivity contribution is 0.0678. The summed E-state index contributed by atoms with van der Waals surface area (Å²) in [6.07, 6.45) is 2.57. The second kappa shape index (κ2) is 4.98. The van der Waals surface area contributed by atoms with Crippen molar-refractivity contribution in [3.63, 3.8) is 0 Å². The molecule has 1 aliphatic rings. The van der Waals surface area contributed by atoms with E-state index < -0.39 is 0 Å². The fourth-order valence-corrected chi connectivity index (χ4v) is 3.28. The number of carbonyl (C=O) groups excluding carboxylic acids is 1. The van der Waals surface area contributed by atoms with Gasteiger partial charge in [0.05, 0.1) is 23.4 Å². The Hall–Kier alpha value is -2.62. The molecule has 2 heterocycles. The van der Waals surface area contributed by atoms with Gasteiger partial charge in [-0.3, -0.25) is 4.79 Å². The van der Waals surface area contributed by atoms with Crippen LogP contribution in [0.5, 0.6) is 0 Å². The smallest absolute Gasteiger partial charge is 0.254 e. The van der Waals surface area contributed by atoms with Crippen LogP contribution in [0.25, 0.3) is 11.0 Å². The second-order valence-corrected chi connectivity index (χ2v) is 5.76. The monoisotopic (exact) mass is 291 g/mol. The normalized spacial score (nSPS) is 17.5. The third-order valence-electron chi connectivity index (χ3n) is 4.52. The fraction of sp³-hybridized carbons (Fsp3) is 0.222. The standard InChI is InChI=1S/C18H17N3O/c1-12-15-5-3-2-4-13(15)8-9-21(12)18(22)14-6-7-16-17(10-14)20-11-19-16/h2-7,10-12H,8-9H2,1H3,(H,19,20). The van der Waals surface area contributed by atoms with E-state index in [1.165, 1.54) is 11.1 Å². The summed E-state index contributed by atoms with van der Waals surface area (Å²) in [6.45, 7) is 2.86. The van der Waals surface area contributed by atoms with Crippen LogP contribution in [-0.4, -0.2) is 27.3 Å². The number of H-pyrrole nitrogens is 1. The largest absolute Gasteiger partial charge is 0.345 e. The van der Waals surface area contributed by atoms with Gasteiger partial charge in [0.1, 0.15) is 0 Å². The van der Waals surface area contributed by atoms with Crippen molar-refractivity contribution in [2.24, 2.45) is 0 Å². The van der Waals surface area contributed by atoms with Gasteiger partial charge < -0.3 is 9.88 Å². The molecule has 0 aliphatic carbocycles. The van der Waals surface area contributed by atoms with Gasteiger partial charge in [-0.25, -0.2) is 4.98 Å². The van der Waals surface area contributed by atoms with E-state index in [2.05, 4.69) is 35.1 Å². The SMILES string of the molecule is CC1c2ccccc2CCN1C(=O)c1ccc2nc[nH]c2c1. The zero-order valence-corrected chi connectivity index (χ0v) is 12.4. The zero-order chi connectivity index (χ0) is 15.1. The number of hydrogen-bond donors (Lipinski definition) is 1. The Balaban J connectivity index is 1.68. The van der Waals surface area contributed by atoms with E-state index in [1.54, 1.807) is 6.33 Å². The molecule has 4 rings (SSSR count). The first-order valence-electron chi connectivity index (χ1n) is 7.56. The predicted molar refractivity (Wildman–Crippen MR) is 85.7 cm³/mol. The van der Waals surface area contributed by atoms with E-state index in [-0.39, 0.29) is 11.9 Å². The van der Waals surface area contributed by atoms with Gasteiger partial charge >= 0.3 is 0 Å². The number of nitrogens with zero attached hydrogens (tertiary/aromatic N) is 2. The van der Waals surface area contributed by atoms with Gasteiger partial charge in [0.15, 0.2) is 0 Å². The van der Waals surface area contributed by atoms with Crippen molar-refractivity contribution in [3.05, 3.63) is 65.5 Å². The van der Waals surface area contributed by atoms with Gasteiger partial charge in [-0.15, -0.1) is 0 Å². The molecule has 0 fully saturated rings. The Labute approximate surface area is 128 Å². The quantitative estimate of drug-likeness (QED) is 0.747. The van der Waals surface area contributed by atoms with Crippen molar-refractivity contribution in [2.75, 3.05) is 6.54 Å². The van der Waals surface area contributed by atoms with E-state index in [1.807, 2.05) is 29.2 Å². The number of rotatable bonds is 1. The molecule has 2 aromatic carbocycles. The number of amides is 1. The summed E-state index contributed by atoms with van der Waals surface area (Å²) in [5.74, 6) is 0.0819. The lowest BCUT2D eigenvalue weighted by Gasteiger charge is -2.35. The number of aromatic amines is 1. The molecule has 1 aromatic heterocycles. The Morgan fingerprint density at radius 3 is 3.05 bits per heavy atom. The number of benzene rings is 2. The minimum atomic E-state index is 0.0819. The zero-order valence-electron chi connectivity index (χ0n) is 12.4. The summed E-state index contributed by atoms with van der Waals surface area (Å²) in [5.41, 5.74) is 5.10. The van der Waals surface area contributed by atoms with E-state index in [0.29, 0.717) is 5.56 Å². The summed E-state index contributed by atoms with van der Waals surface area (Å²) in [6, 6.07) is 14.1. The van der Waals surface area contributed by atoms with Gasteiger partial charge in [0.25, 0.3) is 5.91 Å². The Kier molecular flexibility index (Phi) is 2.96. The highest BCUT2D eigenvalue weighted by Gasteiger charge is 2.28. The van der Waals surface area contributed by atoms with E-state index in [9.17, 15) is 4.79 Å². The molecule has 4 nitrogen and oxygen atoms in total. The van der Waals surface area contributed by atoms with Gasteiger partial charge in [-0.05, 0) is 42.7 Å². The summed E-state index contributed by atoms with van der Waals surface area (Å²) in [7, 11) is 0. The van der Waals surface area contributed by atoms with Crippen LogP contribution in [0.1, 0.15) is 34.5 Å². The summed E-state index contributed by atoms with van der Waals surface area (Å²) >= 11 is 0. The molecule has 0 bridgehead atoms. The van der Waals surface area contributed by atoms with Crippen molar-refractivity contribution >= 4 is 16.9 Å². The minimum absolute atomic E-state index is 0.0819. The van der Waals surface area contributed by atoms with Gasteiger partial charge in [-0.1, -0.05) is 24.3 Å². The van der Waals surface area contributed by atoms with Crippen LogP contribution in [0.15, 0.2) is 48.8 Å². The van der Waals surface area contributed by atoms with Crippen molar-refractivity contribution in [2.45, 2.75) is 19.4 Å². The maximum absolute atomic E-state index is 12.9. The molecule has 0 spiro atoms. The third kappa shape index (κ3) is 1.99. The molecule has 0 saturated carbocycles. The second-order valence-electron chi connectivity index (χ2n) is 5.76. The maximum Gasteiger partial charge on any atom is 0.254 e. The lowest BCUT2D eigenvalue weighted by atomic mass is 9.93. The molecule has 0 saturated heterocycles. The molecule has 22 heavy (non-hydrogen) atoms. The molecule has 1 aliphatic heterocycles. The average molecular weight is 291 g/mol. The molecule has 0 radical (unpaired) electrons. The third-order valence-corrected chi connectivity index (χ3v) is 4.52. The molecular formula is C18H17N3O. The number of hydrogen-bond acceptors (Lipinski definition) is 2. The van der Waals surface area contributed by atoms with Crippen LogP contribution in [0.4, 0.5) is 0 Å². The van der Waals surface area contributed by atoms with Crippen LogP contribution in [0.3, 0.4) is 0 Å². The van der Waals surface area contributed by atoms with Gasteiger partial charge in [-0.2, -0.15) is 0 Å². The van der Waals surface area contributed by atoms with Crippen molar-refractivity contribution in [3.8, 4) is 0 Å². The summed E-state index contributed by atoms with van der Waals surface area (Å²) in [5, 5.41) is 0. The van der Waals surface area contributed by atoms with E-state index >= 15 is 0 Å². The Morgan fingerprint density at radius 1 is 1.27 bits per heavy atom. The molecule has 1 amide bonds. The first kappa shape index (κ1) is 13.1. The molecule has 3 aromatic rings. The first-order valence-corrected chi connectivity index (χ1v) is 7.56. The molecule has 1 N–H and O–H groups in total. The predicted octanol–water partition coefficient (Wildman–Crippen LogP) is 3.32. The summed E-state index contributed by atoms with van der Waals surface area (Å²) < 4.78 is 0. The van der Waals surface area contributed by atoms with Crippen molar-refractivity contribution in [1.82, 2.24) is 14.9 Å². The summed E-state index contributed by atoms with van der Waals surface area (Å²) in [4.78, 5) is 22.1. The van der Waals surface area contributed by atoms with Crippen LogP contribution in [-0.2, 0) is 6.42 Å². The van der Waals surface area contributed by atoms with Crippen LogP contribution < -0.4 is 0 Å². The molecular weight excluding hydrogens is 274 g/mol. The minimum Gasteiger partial charge on any atom is -0.345 e. The number of imidazole rings is 1. The van der Waals surface area contributed by atoms with E-state index in [0.717, 1.165) is 24.0 Å². The highest BCUT2D eigenvalue weighted by Crippen LogP contribution is 2.30.